The standard InChI is InChI=1S/C27H32N4O4/c1-33-23-5-2-20(3-6-23)4-7-25(32)31-15-11-27(12-16-31)19-21(10-17-34-27)18-24-29-26(30-35-24)22-8-13-28-14-9-22/h2-3,5-6,8-9,13-14,21H,4,7,10-12,15-19H2,1H3. The molecule has 2 aliphatic heterocycles. The third kappa shape index (κ3) is 5.70. The van der Waals surface area contributed by atoms with Crippen LogP contribution in [0.1, 0.15) is 43.6 Å². The molecule has 1 spiro atoms. The number of benzene rings is 1. The minimum Gasteiger partial charge on any atom is -0.497 e. The molecule has 8 nitrogen and oxygen atoms in total. The molecule has 1 amide bonds. The van der Waals surface area contributed by atoms with Gasteiger partial charge < -0.3 is 18.9 Å². The van der Waals surface area contributed by atoms with Crippen molar-refractivity contribution in [2.45, 2.75) is 50.5 Å². The summed E-state index contributed by atoms with van der Waals surface area (Å²) >= 11 is 0. The number of rotatable bonds is 7. The van der Waals surface area contributed by atoms with Crippen molar-refractivity contribution in [3.63, 3.8) is 0 Å². The maximum Gasteiger partial charge on any atom is 0.227 e. The quantitative estimate of drug-likeness (QED) is 0.507. The molecule has 2 saturated heterocycles. The second kappa shape index (κ2) is 10.6. The van der Waals surface area contributed by atoms with E-state index in [-0.39, 0.29) is 11.5 Å². The molecule has 2 aromatic heterocycles. The first-order chi connectivity index (χ1) is 17.1. The van der Waals surface area contributed by atoms with Gasteiger partial charge in [-0.05, 0) is 67.9 Å². The number of aryl methyl sites for hydroxylation is 1. The van der Waals surface area contributed by atoms with Gasteiger partial charge in [-0.25, -0.2) is 0 Å². The largest absolute Gasteiger partial charge is 0.497 e. The SMILES string of the molecule is COc1ccc(CCC(=O)N2CCC3(CC2)CC(Cc2nc(-c4ccncc4)no2)CCO3)cc1. The van der Waals surface area contributed by atoms with Crippen molar-refractivity contribution in [1.29, 1.82) is 0 Å². The van der Waals surface area contributed by atoms with Crippen molar-refractivity contribution in [2.75, 3.05) is 26.8 Å². The van der Waals surface area contributed by atoms with E-state index in [2.05, 4.69) is 15.1 Å². The zero-order chi connectivity index (χ0) is 24.1. The predicted octanol–water partition coefficient (Wildman–Crippen LogP) is 4.10. The Bertz CT molecular complexity index is 1110. The third-order valence-electron chi connectivity index (χ3n) is 7.28. The summed E-state index contributed by atoms with van der Waals surface area (Å²) in [4.78, 5) is 23.4. The Hall–Kier alpha value is -3.26. The first-order valence-corrected chi connectivity index (χ1v) is 12.4. The van der Waals surface area contributed by atoms with Gasteiger partial charge in [0.2, 0.25) is 17.6 Å². The van der Waals surface area contributed by atoms with Crippen molar-refractivity contribution in [3.05, 3.63) is 60.2 Å². The van der Waals surface area contributed by atoms with Gasteiger partial charge in [-0.2, -0.15) is 4.98 Å². The number of piperidine rings is 1. The fourth-order valence-electron chi connectivity index (χ4n) is 5.22. The van der Waals surface area contributed by atoms with Gasteiger partial charge in [-0.15, -0.1) is 0 Å². The van der Waals surface area contributed by atoms with E-state index in [1.807, 2.05) is 41.3 Å². The summed E-state index contributed by atoms with van der Waals surface area (Å²) in [5.41, 5.74) is 1.91. The van der Waals surface area contributed by atoms with Crippen LogP contribution in [0.2, 0.25) is 0 Å². The first-order valence-electron chi connectivity index (χ1n) is 12.4. The number of amides is 1. The Morgan fingerprint density at radius 1 is 1.14 bits per heavy atom. The summed E-state index contributed by atoms with van der Waals surface area (Å²) < 4.78 is 17.0. The number of carbonyl (C=O) groups excluding carboxylic acids is 1. The lowest BCUT2D eigenvalue weighted by molar-refractivity contribution is -0.147. The van der Waals surface area contributed by atoms with E-state index in [1.54, 1.807) is 19.5 Å². The second-order valence-corrected chi connectivity index (χ2v) is 9.57. The lowest BCUT2D eigenvalue weighted by Gasteiger charge is -2.46. The lowest BCUT2D eigenvalue weighted by atomic mass is 9.78. The summed E-state index contributed by atoms with van der Waals surface area (Å²) in [5.74, 6) is 2.76. The molecule has 2 aliphatic rings. The lowest BCUT2D eigenvalue weighted by Crippen LogP contribution is -2.51. The zero-order valence-electron chi connectivity index (χ0n) is 20.2. The summed E-state index contributed by atoms with van der Waals surface area (Å²) in [5, 5.41) is 4.14. The highest BCUT2D eigenvalue weighted by molar-refractivity contribution is 5.76. The summed E-state index contributed by atoms with van der Waals surface area (Å²) in [6.45, 7) is 2.24. The van der Waals surface area contributed by atoms with E-state index >= 15 is 0 Å². The van der Waals surface area contributed by atoms with Gasteiger partial charge in [0.25, 0.3) is 0 Å². The molecule has 4 heterocycles. The smallest absolute Gasteiger partial charge is 0.227 e. The highest BCUT2D eigenvalue weighted by Gasteiger charge is 2.41. The van der Waals surface area contributed by atoms with Crippen molar-refractivity contribution in [1.82, 2.24) is 20.0 Å². The molecule has 1 aromatic carbocycles. The molecule has 1 unspecified atom stereocenters. The number of ether oxygens (including phenoxy) is 2. The highest BCUT2D eigenvalue weighted by atomic mass is 16.5. The molecular weight excluding hydrogens is 444 g/mol. The van der Waals surface area contributed by atoms with Crippen molar-refractivity contribution in [2.24, 2.45) is 5.92 Å². The molecule has 35 heavy (non-hydrogen) atoms. The van der Waals surface area contributed by atoms with Gasteiger partial charge in [0.15, 0.2) is 0 Å². The van der Waals surface area contributed by atoms with Crippen LogP contribution < -0.4 is 4.74 Å². The van der Waals surface area contributed by atoms with Crippen LogP contribution >= 0.6 is 0 Å². The molecule has 0 N–H and O–H groups in total. The molecule has 184 valence electrons. The number of hydrogen-bond acceptors (Lipinski definition) is 7. The number of likely N-dealkylation sites (tertiary alicyclic amines) is 1. The van der Waals surface area contributed by atoms with E-state index in [0.29, 0.717) is 24.1 Å². The average molecular weight is 477 g/mol. The topological polar surface area (TPSA) is 90.6 Å². The van der Waals surface area contributed by atoms with Gasteiger partial charge in [0, 0.05) is 50.5 Å². The van der Waals surface area contributed by atoms with E-state index in [4.69, 9.17) is 14.0 Å². The van der Waals surface area contributed by atoms with E-state index in [0.717, 1.165) is 75.1 Å². The maximum atomic E-state index is 12.8. The third-order valence-corrected chi connectivity index (χ3v) is 7.28. The van der Waals surface area contributed by atoms with Crippen LogP contribution in [0.4, 0.5) is 0 Å². The monoisotopic (exact) mass is 476 g/mol. The number of hydrogen-bond donors (Lipinski definition) is 0. The van der Waals surface area contributed by atoms with Crippen LogP contribution in [0.25, 0.3) is 11.4 Å². The minimum atomic E-state index is -0.149. The Kier molecular flexibility index (Phi) is 7.08. The van der Waals surface area contributed by atoms with Crippen molar-refractivity contribution >= 4 is 5.91 Å². The molecule has 0 bridgehead atoms. The minimum absolute atomic E-state index is 0.149. The fourth-order valence-corrected chi connectivity index (χ4v) is 5.22. The summed E-state index contributed by atoms with van der Waals surface area (Å²) in [6.07, 6.45) is 9.19. The van der Waals surface area contributed by atoms with Gasteiger partial charge in [0.1, 0.15) is 5.75 Å². The first kappa shape index (κ1) is 23.5. The van der Waals surface area contributed by atoms with Gasteiger partial charge >= 0.3 is 0 Å². The molecule has 8 heteroatoms. The number of pyridine rings is 1. The molecular formula is C27H32N4O4. The number of carbonyl (C=O) groups is 1. The van der Waals surface area contributed by atoms with Crippen LogP contribution in [0.15, 0.2) is 53.3 Å². The maximum absolute atomic E-state index is 12.8. The molecule has 5 rings (SSSR count). The summed E-state index contributed by atoms with van der Waals surface area (Å²) in [6, 6.07) is 11.7. The van der Waals surface area contributed by atoms with Crippen molar-refractivity contribution in [3.8, 4) is 17.1 Å². The molecule has 1 atom stereocenters. The van der Waals surface area contributed by atoms with Gasteiger partial charge in [0.05, 0.1) is 12.7 Å². The normalized spacial score (nSPS) is 19.6. The highest BCUT2D eigenvalue weighted by Crippen LogP contribution is 2.39. The average Bonchev–Trinajstić information content (AvgIpc) is 3.37. The number of nitrogens with zero attached hydrogens (tertiary/aromatic N) is 4. The second-order valence-electron chi connectivity index (χ2n) is 9.57. The van der Waals surface area contributed by atoms with Crippen LogP contribution in [0, 0.1) is 5.92 Å². The fraction of sp³-hybridized carbons (Fsp3) is 0.481. The van der Waals surface area contributed by atoms with E-state index in [9.17, 15) is 4.79 Å². The van der Waals surface area contributed by atoms with Gasteiger partial charge in [-0.3, -0.25) is 9.78 Å². The van der Waals surface area contributed by atoms with Crippen LogP contribution in [-0.2, 0) is 22.4 Å². The Morgan fingerprint density at radius 3 is 2.66 bits per heavy atom. The Balaban J connectivity index is 1.11. The molecule has 3 aromatic rings. The molecule has 0 radical (unpaired) electrons. The summed E-state index contributed by atoms with van der Waals surface area (Å²) in [7, 11) is 1.66. The predicted molar refractivity (Wildman–Crippen MR) is 130 cm³/mol. The van der Waals surface area contributed by atoms with Crippen LogP contribution in [0.3, 0.4) is 0 Å². The van der Waals surface area contributed by atoms with Crippen LogP contribution in [0.5, 0.6) is 5.75 Å². The van der Waals surface area contributed by atoms with E-state index < -0.39 is 0 Å². The van der Waals surface area contributed by atoms with Gasteiger partial charge in [-0.1, -0.05) is 17.3 Å². The zero-order valence-corrected chi connectivity index (χ0v) is 20.2. The molecule has 0 aliphatic carbocycles. The van der Waals surface area contributed by atoms with Crippen LogP contribution in [-0.4, -0.2) is 58.3 Å². The number of methoxy groups -OCH3 is 1. The van der Waals surface area contributed by atoms with E-state index in [1.165, 1.54) is 0 Å². The molecule has 0 saturated carbocycles. The van der Waals surface area contributed by atoms with Crippen molar-refractivity contribution < 1.29 is 18.8 Å². The Labute approximate surface area is 205 Å². The Morgan fingerprint density at radius 2 is 1.91 bits per heavy atom. The number of aromatic nitrogens is 3. The molecule has 2 fully saturated rings.